The molecule has 0 fully saturated rings. The second-order valence-corrected chi connectivity index (χ2v) is 6.07. The first kappa shape index (κ1) is 15.1. The van der Waals surface area contributed by atoms with E-state index in [0.29, 0.717) is 22.2 Å². The fourth-order valence-corrected chi connectivity index (χ4v) is 2.67. The predicted molar refractivity (Wildman–Crippen MR) is 110 cm³/mol. The van der Waals surface area contributed by atoms with E-state index in [1.807, 2.05) is 0 Å². The van der Waals surface area contributed by atoms with Crippen molar-refractivity contribution in [2.45, 2.75) is 27.6 Å². The Kier molecular flexibility index (Phi) is 4.99. The van der Waals surface area contributed by atoms with Crippen LogP contribution in [0.25, 0.3) is 33.3 Å². The summed E-state index contributed by atoms with van der Waals surface area (Å²) in [6.07, 6.45) is 2.59. The quantitative estimate of drug-likeness (QED) is 0.196. The first-order chi connectivity index (χ1) is 15.8. The summed E-state index contributed by atoms with van der Waals surface area (Å²) in [5.74, 6) is -0.0625. The molecule has 3 heterocycles. The maximum Gasteiger partial charge on any atom is 0.216 e. The van der Waals surface area contributed by atoms with Crippen LogP contribution in [0.5, 0.6) is 0 Å². The molecule has 1 radical (unpaired) electrons. The van der Waals surface area contributed by atoms with E-state index in [2.05, 4.69) is 16.0 Å². The van der Waals surface area contributed by atoms with Crippen LogP contribution in [0, 0.1) is 19.8 Å². The van der Waals surface area contributed by atoms with E-state index >= 15 is 0 Å². The second-order valence-electron chi connectivity index (χ2n) is 6.07. The molecule has 0 saturated heterocycles. The third-order valence-electron chi connectivity index (χ3n) is 3.73. The minimum absolute atomic E-state index is 0. The van der Waals surface area contributed by atoms with Crippen molar-refractivity contribution in [2.24, 2.45) is 0 Å². The monoisotopic (exact) mass is 572 g/mol. The van der Waals surface area contributed by atoms with Crippen molar-refractivity contribution in [1.29, 1.82) is 0 Å². The van der Waals surface area contributed by atoms with Gasteiger partial charge in [0.25, 0.3) is 0 Å². The van der Waals surface area contributed by atoms with Gasteiger partial charge in [-0.15, -0.1) is 18.2 Å². The Labute approximate surface area is 191 Å². The number of nitrogens with zero attached hydrogens (tertiary/aromatic N) is 2. The molecule has 0 saturated carbocycles. The average molecular weight is 572 g/mol. The Hall–Kier alpha value is -2.82. The number of rotatable bonds is 2. The van der Waals surface area contributed by atoms with Gasteiger partial charge in [-0.25, -0.2) is 4.98 Å². The number of hydrogen-bond acceptors (Lipinski definition) is 5. The van der Waals surface area contributed by atoms with Crippen LogP contribution in [0.15, 0.2) is 58.8 Å². The summed E-state index contributed by atoms with van der Waals surface area (Å²) < 4.78 is 51.1. The van der Waals surface area contributed by atoms with Gasteiger partial charge in [0.15, 0.2) is 5.78 Å². The van der Waals surface area contributed by atoms with Crippen LogP contribution in [0.1, 0.15) is 33.3 Å². The van der Waals surface area contributed by atoms with E-state index < -0.39 is 13.7 Å². The van der Waals surface area contributed by atoms with E-state index in [9.17, 15) is 4.79 Å². The number of hydrogen-bond donors (Lipinski definition) is 1. The summed E-state index contributed by atoms with van der Waals surface area (Å²) >= 11 is 0. The van der Waals surface area contributed by atoms with E-state index in [0.717, 1.165) is 5.39 Å². The summed E-state index contributed by atoms with van der Waals surface area (Å²) in [5, 5.41) is 9.76. The van der Waals surface area contributed by atoms with Crippen molar-refractivity contribution in [2.75, 3.05) is 0 Å². The van der Waals surface area contributed by atoms with Gasteiger partial charge in [-0.1, -0.05) is 22.6 Å². The number of fused-ring (bicyclic) bond motifs is 3. The van der Waals surface area contributed by atoms with Crippen molar-refractivity contribution in [3.63, 3.8) is 0 Å². The Balaban J connectivity index is 0.000000476. The Morgan fingerprint density at radius 1 is 1.21 bits per heavy atom. The van der Waals surface area contributed by atoms with E-state index in [4.69, 9.17) is 17.7 Å². The average Bonchev–Trinajstić information content (AvgIpc) is 3.10. The molecule has 1 N–H and O–H groups in total. The number of carbonyl (C=O) groups excluding carboxylic acids is 1. The minimum atomic E-state index is -2.34. The van der Waals surface area contributed by atoms with Gasteiger partial charge < -0.3 is 14.5 Å². The van der Waals surface area contributed by atoms with Gasteiger partial charge in [0, 0.05) is 51.7 Å². The molecule has 4 rings (SSSR count). The van der Waals surface area contributed by atoms with Gasteiger partial charge in [0.05, 0.1) is 11.3 Å². The summed E-state index contributed by atoms with van der Waals surface area (Å²) in [6, 6.07) is 12.5. The number of allylic oxidation sites excluding steroid dienone is 2. The zero-order chi connectivity index (χ0) is 25.3. The van der Waals surface area contributed by atoms with Crippen molar-refractivity contribution < 1.29 is 42.6 Å². The molecular formula is C23H21IrN2O3-. The number of ketones is 1. The maximum atomic E-state index is 10.0. The number of aryl methyl sites for hydroxylation is 2. The van der Waals surface area contributed by atoms with Gasteiger partial charge in [-0.05, 0) is 51.4 Å². The number of furan rings is 1. The Morgan fingerprint density at radius 2 is 2.03 bits per heavy atom. The molecule has 0 bridgehead atoms. The number of carbonyl (C=O) groups is 1. The summed E-state index contributed by atoms with van der Waals surface area (Å²) in [5.41, 5.74) is 1.64. The van der Waals surface area contributed by atoms with Gasteiger partial charge in [0.1, 0.15) is 0 Å². The number of aliphatic hydroxyl groups is 1. The zero-order valence-corrected chi connectivity index (χ0v) is 18.0. The van der Waals surface area contributed by atoms with E-state index in [1.54, 1.807) is 18.2 Å². The molecule has 151 valence electrons. The number of pyridine rings is 2. The molecule has 4 aromatic rings. The van der Waals surface area contributed by atoms with E-state index in [-0.39, 0.29) is 48.6 Å². The van der Waals surface area contributed by atoms with Crippen LogP contribution >= 0.6 is 0 Å². The number of aliphatic hydroxyl groups excluding tert-OH is 1. The van der Waals surface area contributed by atoms with Crippen LogP contribution in [0.4, 0.5) is 0 Å². The standard InChI is InChI=1S/C18H13N2O.C5H8O2.Ir/c1-11-8-9-19-16(10-11)15-5-3-4-13-14-7-6-12(2)20-18(14)21-17(13)15;1-4(6)3-5(2)7;/h3-4,6-10H,1-2H3;3,6H,1-2H3;/q-1;;/b;4-3-;/i1D3,2D3;;. The molecule has 29 heavy (non-hydrogen) atoms. The molecule has 1 aromatic carbocycles. The molecule has 3 aromatic heterocycles. The van der Waals surface area contributed by atoms with Crippen LogP contribution in [0.2, 0.25) is 0 Å². The molecular weight excluding hydrogens is 544 g/mol. The van der Waals surface area contributed by atoms with Gasteiger partial charge in [0.2, 0.25) is 5.71 Å². The molecule has 0 atom stereocenters. The van der Waals surface area contributed by atoms with Crippen molar-refractivity contribution >= 4 is 27.9 Å². The third kappa shape index (κ3) is 5.37. The molecule has 0 amide bonds. The minimum Gasteiger partial charge on any atom is -0.512 e. The normalized spacial score (nSPS) is 14.9. The third-order valence-corrected chi connectivity index (χ3v) is 3.73. The zero-order valence-electron chi connectivity index (χ0n) is 21.6. The van der Waals surface area contributed by atoms with Crippen LogP contribution in [-0.2, 0) is 24.9 Å². The summed E-state index contributed by atoms with van der Waals surface area (Å²) in [6.45, 7) is -1.74. The molecule has 0 unspecified atom stereocenters. The van der Waals surface area contributed by atoms with Crippen molar-refractivity contribution in [3.05, 3.63) is 71.8 Å². The fraction of sp³-hybridized carbons (Fsp3) is 0.174. The van der Waals surface area contributed by atoms with E-state index in [1.165, 1.54) is 44.3 Å². The first-order valence-corrected chi connectivity index (χ1v) is 8.36. The SMILES string of the molecule is CC(=O)/C=C(/C)O.[2H]C([2H])([2H])c1ccnc(-c2[c-]ccc3c2oc2nc(C([2H])([2H])[2H])ccc23)c1.[Ir]. The largest absolute Gasteiger partial charge is 0.512 e. The molecule has 0 aliphatic carbocycles. The Bertz CT molecular complexity index is 1390. The summed E-state index contributed by atoms with van der Waals surface area (Å²) in [4.78, 5) is 18.4. The first-order valence-electron chi connectivity index (χ1n) is 11.4. The maximum absolute atomic E-state index is 10.0. The van der Waals surface area contributed by atoms with Crippen LogP contribution in [-0.4, -0.2) is 20.9 Å². The van der Waals surface area contributed by atoms with Crippen LogP contribution < -0.4 is 0 Å². The molecule has 0 spiro atoms. The van der Waals surface area contributed by atoms with Crippen molar-refractivity contribution in [3.8, 4) is 11.3 Å². The second kappa shape index (κ2) is 9.59. The predicted octanol–water partition coefficient (Wildman–Crippen LogP) is 5.49. The fourth-order valence-electron chi connectivity index (χ4n) is 2.67. The van der Waals surface area contributed by atoms with Crippen molar-refractivity contribution in [1.82, 2.24) is 9.97 Å². The summed E-state index contributed by atoms with van der Waals surface area (Å²) in [7, 11) is 0. The van der Waals surface area contributed by atoms with Gasteiger partial charge >= 0.3 is 0 Å². The van der Waals surface area contributed by atoms with Gasteiger partial charge in [-0.2, -0.15) is 0 Å². The molecule has 0 aliphatic rings. The number of benzene rings is 1. The topological polar surface area (TPSA) is 76.2 Å². The smallest absolute Gasteiger partial charge is 0.216 e. The molecule has 6 heteroatoms. The molecule has 5 nitrogen and oxygen atoms in total. The number of aromatic nitrogens is 2. The van der Waals surface area contributed by atoms with Gasteiger partial charge in [-0.3, -0.25) is 4.79 Å². The van der Waals surface area contributed by atoms with Crippen LogP contribution in [0.3, 0.4) is 0 Å². The Morgan fingerprint density at radius 3 is 2.69 bits per heavy atom. The molecule has 0 aliphatic heterocycles.